The maximum atomic E-state index is 11.9. The maximum Gasteiger partial charge on any atom is 0.337 e. The minimum absolute atomic E-state index is 0.226. The van der Waals surface area contributed by atoms with Gasteiger partial charge in [-0.05, 0) is 41.9 Å². The second kappa shape index (κ2) is 7.70. The Hall–Kier alpha value is -2.02. The number of nitrogens with one attached hydrogen (secondary N) is 1. The number of H-pyrrole nitrogens is 1. The van der Waals surface area contributed by atoms with Gasteiger partial charge in [-0.25, -0.2) is 9.79 Å². The maximum absolute atomic E-state index is 11.9. The molecule has 3 aromatic rings. The van der Waals surface area contributed by atoms with Crippen molar-refractivity contribution in [1.82, 2.24) is 8.94 Å². The number of hydrogen-bond donors (Lipinski definition) is 1. The van der Waals surface area contributed by atoms with Crippen LogP contribution < -0.4 is 15.2 Å². The van der Waals surface area contributed by atoms with Crippen LogP contribution in [-0.2, 0) is 6.54 Å². The first-order valence-corrected chi connectivity index (χ1v) is 8.66. The summed E-state index contributed by atoms with van der Waals surface area (Å²) in [5.41, 5.74) is 0.396. The zero-order chi connectivity index (χ0) is 16.9. The molecule has 0 aliphatic carbocycles. The van der Waals surface area contributed by atoms with Crippen LogP contribution in [0.4, 0.5) is 5.69 Å². The van der Waals surface area contributed by atoms with Crippen molar-refractivity contribution in [3.8, 4) is 5.75 Å². The standard InChI is InChI=1S/C16H13Cl2N3O2S/c17-13-7-6-11(10-14(13)18)19-16-21(15(22)20-24-16)8-9-23-12-4-2-1-3-5-12/h1-7,10H,8-9H2,(H,20,22). The average molecular weight is 382 g/mol. The molecule has 0 saturated carbocycles. The molecule has 0 aliphatic heterocycles. The molecule has 0 spiro atoms. The minimum Gasteiger partial charge on any atom is -0.492 e. The number of ether oxygens (including phenoxy) is 1. The van der Waals surface area contributed by atoms with Gasteiger partial charge in [0.25, 0.3) is 0 Å². The van der Waals surface area contributed by atoms with Gasteiger partial charge in [-0.3, -0.25) is 8.94 Å². The van der Waals surface area contributed by atoms with Crippen LogP contribution in [0.3, 0.4) is 0 Å². The van der Waals surface area contributed by atoms with E-state index in [1.165, 1.54) is 4.57 Å². The number of para-hydroxylation sites is 1. The van der Waals surface area contributed by atoms with Gasteiger partial charge >= 0.3 is 5.69 Å². The molecule has 0 amide bonds. The SMILES string of the molecule is O=c1[nH]sc(=Nc2ccc(Cl)c(Cl)c2)n1CCOc1ccccc1. The zero-order valence-corrected chi connectivity index (χ0v) is 14.7. The van der Waals surface area contributed by atoms with Crippen molar-refractivity contribution in [2.24, 2.45) is 4.99 Å². The van der Waals surface area contributed by atoms with Gasteiger partial charge in [0.15, 0.2) is 0 Å². The zero-order valence-electron chi connectivity index (χ0n) is 12.4. The summed E-state index contributed by atoms with van der Waals surface area (Å²) in [6, 6.07) is 14.5. The highest BCUT2D eigenvalue weighted by Gasteiger charge is 2.04. The summed E-state index contributed by atoms with van der Waals surface area (Å²) in [7, 11) is 0. The molecule has 0 bridgehead atoms. The minimum atomic E-state index is -0.226. The summed E-state index contributed by atoms with van der Waals surface area (Å²) in [6.07, 6.45) is 0. The predicted octanol–water partition coefficient (Wildman–Crippen LogP) is 3.86. The third kappa shape index (κ3) is 4.08. The second-order valence-electron chi connectivity index (χ2n) is 4.82. The van der Waals surface area contributed by atoms with Gasteiger partial charge in [-0.2, -0.15) is 0 Å². The quantitative estimate of drug-likeness (QED) is 0.729. The van der Waals surface area contributed by atoms with Gasteiger partial charge in [-0.15, -0.1) is 0 Å². The lowest BCUT2D eigenvalue weighted by Crippen LogP contribution is -2.29. The van der Waals surface area contributed by atoms with E-state index in [1.807, 2.05) is 30.3 Å². The van der Waals surface area contributed by atoms with E-state index in [0.29, 0.717) is 33.7 Å². The Morgan fingerprint density at radius 3 is 2.67 bits per heavy atom. The third-order valence-corrected chi connectivity index (χ3v) is 4.67. The molecule has 0 radical (unpaired) electrons. The Balaban J connectivity index is 1.79. The van der Waals surface area contributed by atoms with E-state index < -0.39 is 0 Å². The molecule has 0 saturated heterocycles. The Morgan fingerprint density at radius 1 is 1.12 bits per heavy atom. The average Bonchev–Trinajstić information content (AvgIpc) is 2.92. The first kappa shape index (κ1) is 16.8. The number of aromatic amines is 1. The monoisotopic (exact) mass is 381 g/mol. The van der Waals surface area contributed by atoms with Crippen molar-refractivity contribution in [3.63, 3.8) is 0 Å². The number of rotatable bonds is 5. The van der Waals surface area contributed by atoms with E-state index in [2.05, 4.69) is 9.37 Å². The molecule has 8 heteroatoms. The Morgan fingerprint density at radius 2 is 1.92 bits per heavy atom. The number of nitrogens with zero attached hydrogens (tertiary/aromatic N) is 2. The predicted molar refractivity (Wildman–Crippen MR) is 96.6 cm³/mol. The lowest BCUT2D eigenvalue weighted by atomic mass is 10.3. The van der Waals surface area contributed by atoms with E-state index in [-0.39, 0.29) is 5.69 Å². The second-order valence-corrected chi connectivity index (χ2v) is 6.40. The van der Waals surface area contributed by atoms with Gasteiger partial charge in [-0.1, -0.05) is 41.4 Å². The van der Waals surface area contributed by atoms with Crippen molar-refractivity contribution in [1.29, 1.82) is 0 Å². The number of hydrogen-bond acceptors (Lipinski definition) is 4. The highest BCUT2D eigenvalue weighted by molar-refractivity contribution is 7.02. The first-order valence-electron chi connectivity index (χ1n) is 7.09. The van der Waals surface area contributed by atoms with Crippen LogP contribution >= 0.6 is 34.7 Å². The largest absolute Gasteiger partial charge is 0.492 e. The van der Waals surface area contributed by atoms with Crippen molar-refractivity contribution in [3.05, 3.63) is 73.9 Å². The lowest BCUT2D eigenvalue weighted by Gasteiger charge is -2.05. The highest BCUT2D eigenvalue weighted by atomic mass is 35.5. The van der Waals surface area contributed by atoms with E-state index >= 15 is 0 Å². The lowest BCUT2D eigenvalue weighted by molar-refractivity contribution is 0.294. The first-order chi connectivity index (χ1) is 11.6. The topological polar surface area (TPSA) is 59.4 Å². The fraction of sp³-hybridized carbons (Fsp3) is 0.125. The summed E-state index contributed by atoms with van der Waals surface area (Å²) in [4.78, 5) is 16.9. The van der Waals surface area contributed by atoms with Gasteiger partial charge in [0.05, 0.1) is 22.3 Å². The number of aromatic nitrogens is 2. The summed E-state index contributed by atoms with van der Waals surface area (Å²) < 4.78 is 9.82. The number of halogens is 2. The molecule has 0 atom stereocenters. The molecule has 0 unspecified atom stereocenters. The molecule has 124 valence electrons. The molecule has 24 heavy (non-hydrogen) atoms. The normalized spacial score (nSPS) is 11.7. The van der Waals surface area contributed by atoms with Crippen molar-refractivity contribution in [2.75, 3.05) is 6.61 Å². The van der Waals surface area contributed by atoms with Gasteiger partial charge in [0.2, 0.25) is 4.80 Å². The molecule has 1 aromatic heterocycles. The molecule has 5 nitrogen and oxygen atoms in total. The van der Waals surface area contributed by atoms with Crippen LogP contribution in [0.15, 0.2) is 58.3 Å². The summed E-state index contributed by atoms with van der Waals surface area (Å²) in [5.74, 6) is 0.757. The van der Waals surface area contributed by atoms with Crippen LogP contribution in [0.2, 0.25) is 10.0 Å². The summed E-state index contributed by atoms with van der Waals surface area (Å²) >= 11 is 13.0. The van der Waals surface area contributed by atoms with Crippen LogP contribution in [0, 0.1) is 0 Å². The van der Waals surface area contributed by atoms with E-state index in [1.54, 1.807) is 18.2 Å². The van der Waals surface area contributed by atoms with E-state index in [0.717, 1.165) is 17.3 Å². The summed E-state index contributed by atoms with van der Waals surface area (Å²) in [5, 5.41) is 0.877. The molecule has 3 rings (SSSR count). The highest BCUT2D eigenvalue weighted by Crippen LogP contribution is 2.26. The van der Waals surface area contributed by atoms with Crippen molar-refractivity contribution < 1.29 is 4.74 Å². The molecule has 1 heterocycles. The van der Waals surface area contributed by atoms with E-state index in [4.69, 9.17) is 27.9 Å². The third-order valence-electron chi connectivity index (χ3n) is 3.16. The van der Waals surface area contributed by atoms with Gasteiger partial charge in [0, 0.05) is 0 Å². The van der Waals surface area contributed by atoms with Crippen LogP contribution in [0.1, 0.15) is 0 Å². The molecular formula is C16H13Cl2N3O2S. The van der Waals surface area contributed by atoms with Gasteiger partial charge < -0.3 is 4.74 Å². The molecule has 2 aromatic carbocycles. The molecule has 0 aliphatic rings. The molecular weight excluding hydrogens is 369 g/mol. The summed E-state index contributed by atoms with van der Waals surface area (Å²) in [6.45, 7) is 0.742. The van der Waals surface area contributed by atoms with Crippen molar-refractivity contribution in [2.45, 2.75) is 6.54 Å². The van der Waals surface area contributed by atoms with Crippen molar-refractivity contribution >= 4 is 40.4 Å². The van der Waals surface area contributed by atoms with Gasteiger partial charge in [0.1, 0.15) is 12.4 Å². The number of benzene rings is 2. The molecule has 0 fully saturated rings. The fourth-order valence-corrected chi connectivity index (χ4v) is 3.02. The molecule has 1 N–H and O–H groups in total. The van der Waals surface area contributed by atoms with Crippen LogP contribution in [-0.4, -0.2) is 15.5 Å². The Kier molecular flexibility index (Phi) is 5.40. The Bertz CT molecular complexity index is 948. The fourth-order valence-electron chi connectivity index (χ4n) is 2.00. The van der Waals surface area contributed by atoms with E-state index in [9.17, 15) is 4.79 Å². The van der Waals surface area contributed by atoms with Crippen LogP contribution in [0.5, 0.6) is 5.75 Å². The Labute approximate surface area is 151 Å². The van der Waals surface area contributed by atoms with Crippen LogP contribution in [0.25, 0.3) is 0 Å². The smallest absolute Gasteiger partial charge is 0.337 e.